The molecule has 3 aliphatic rings. The molecule has 2 atom stereocenters. The summed E-state index contributed by atoms with van der Waals surface area (Å²) in [6, 6.07) is 11.8. The number of piperazine rings is 1. The zero-order valence-electron chi connectivity index (χ0n) is 25.4. The number of benzene rings is 2. The van der Waals surface area contributed by atoms with E-state index < -0.39 is 0 Å². The number of nitrogens with zero attached hydrogens (tertiary/aromatic N) is 3. The average Bonchev–Trinajstić information content (AvgIpc) is 3.79. The Labute approximate surface area is 269 Å². The summed E-state index contributed by atoms with van der Waals surface area (Å²) in [5.74, 6) is 0.797. The first-order valence-corrected chi connectivity index (χ1v) is 16.2. The van der Waals surface area contributed by atoms with E-state index >= 15 is 0 Å². The minimum Gasteiger partial charge on any atom is -0.494 e. The Morgan fingerprint density at radius 2 is 1.73 bits per heavy atom. The second kappa shape index (κ2) is 17.0. The molecule has 242 valence electrons. The molecule has 12 heteroatoms. The third-order valence-corrected chi connectivity index (χ3v) is 8.84. The van der Waals surface area contributed by atoms with Crippen molar-refractivity contribution >= 4 is 40.5 Å². The van der Waals surface area contributed by atoms with Crippen LogP contribution in [0.2, 0.25) is 10.0 Å². The number of hydrogen-bond donors (Lipinski definition) is 0. The highest BCUT2D eigenvalue weighted by atomic mass is 35.5. The summed E-state index contributed by atoms with van der Waals surface area (Å²) in [6.07, 6.45) is 2.66. The van der Waals surface area contributed by atoms with Gasteiger partial charge in [-0.1, -0.05) is 35.3 Å². The molecule has 3 aliphatic heterocycles. The Bertz CT molecular complexity index is 1210. The van der Waals surface area contributed by atoms with Crippen molar-refractivity contribution in [2.24, 2.45) is 0 Å². The molecule has 0 spiro atoms. The first kappa shape index (κ1) is 33.2. The van der Waals surface area contributed by atoms with Crippen LogP contribution in [0.25, 0.3) is 0 Å². The molecule has 2 unspecified atom stereocenters. The van der Waals surface area contributed by atoms with Crippen LogP contribution in [0.15, 0.2) is 36.4 Å². The van der Waals surface area contributed by atoms with Gasteiger partial charge in [0.15, 0.2) is 6.29 Å². The summed E-state index contributed by atoms with van der Waals surface area (Å²) < 4.78 is 33.5. The van der Waals surface area contributed by atoms with Crippen molar-refractivity contribution in [3.05, 3.63) is 52.0 Å². The summed E-state index contributed by atoms with van der Waals surface area (Å²) in [7, 11) is 1.64. The van der Waals surface area contributed by atoms with Crippen molar-refractivity contribution in [3.8, 4) is 5.75 Å². The second-order valence-electron chi connectivity index (χ2n) is 11.1. The number of fused-ring (bicyclic) bond motifs is 1. The topological polar surface area (TPSA) is 85.5 Å². The number of unbranched alkanes of at least 4 members (excludes halogenated alkanes) is 1. The Kier molecular flexibility index (Phi) is 12.8. The van der Waals surface area contributed by atoms with Gasteiger partial charge in [-0.15, -0.1) is 0 Å². The highest BCUT2D eigenvalue weighted by Crippen LogP contribution is 2.34. The first-order valence-electron chi connectivity index (χ1n) is 15.4. The molecule has 2 aromatic rings. The summed E-state index contributed by atoms with van der Waals surface area (Å²) >= 11 is 12.6. The number of carbonyl (C=O) groups is 1. The molecular formula is C32H43Cl2N3O7. The normalized spacial score (nSPS) is 20.2. The van der Waals surface area contributed by atoms with Crippen molar-refractivity contribution in [1.29, 1.82) is 0 Å². The van der Waals surface area contributed by atoms with Crippen LogP contribution in [0, 0.1) is 0 Å². The Morgan fingerprint density at radius 3 is 2.57 bits per heavy atom. The molecule has 10 nitrogen and oxygen atoms in total. The van der Waals surface area contributed by atoms with Crippen LogP contribution in [0.5, 0.6) is 5.75 Å². The van der Waals surface area contributed by atoms with Crippen LogP contribution in [0.3, 0.4) is 0 Å². The van der Waals surface area contributed by atoms with E-state index in [9.17, 15) is 4.79 Å². The van der Waals surface area contributed by atoms with Gasteiger partial charge in [-0.3, -0.25) is 14.6 Å². The Balaban J connectivity index is 0.985. The van der Waals surface area contributed by atoms with E-state index in [2.05, 4.69) is 15.9 Å². The number of halogens is 2. The number of methoxy groups -OCH3 is 1. The van der Waals surface area contributed by atoms with E-state index in [1.165, 1.54) is 0 Å². The zero-order valence-corrected chi connectivity index (χ0v) is 26.9. The van der Waals surface area contributed by atoms with Gasteiger partial charge in [0.05, 0.1) is 61.1 Å². The molecule has 2 aromatic carbocycles. The lowest BCUT2D eigenvalue weighted by atomic mass is 10.0. The second-order valence-corrected chi connectivity index (χ2v) is 11.9. The van der Waals surface area contributed by atoms with Crippen LogP contribution in [0.1, 0.15) is 24.8 Å². The molecule has 1 amide bonds. The Morgan fingerprint density at radius 1 is 0.909 bits per heavy atom. The fourth-order valence-corrected chi connectivity index (χ4v) is 5.84. The minimum atomic E-state index is -0.375. The molecule has 0 saturated carbocycles. The van der Waals surface area contributed by atoms with Gasteiger partial charge in [0.25, 0.3) is 0 Å². The SMILES string of the molecule is COCCOCCOCC1OC1OCN1C(=O)CCc2ccc(OCCCCN3CCN(c4cccc(Cl)c4Cl)CC3)cc21. The molecule has 0 bridgehead atoms. The van der Waals surface area contributed by atoms with Crippen molar-refractivity contribution in [2.45, 2.75) is 38.1 Å². The molecule has 0 N–H and O–H groups in total. The van der Waals surface area contributed by atoms with Gasteiger partial charge < -0.3 is 33.3 Å². The Hall–Kier alpha value is -2.15. The van der Waals surface area contributed by atoms with Gasteiger partial charge in [0.2, 0.25) is 5.91 Å². The number of aryl methyl sites for hydroxylation is 1. The third-order valence-electron chi connectivity index (χ3n) is 8.03. The van der Waals surface area contributed by atoms with Crippen molar-refractivity contribution < 1.29 is 33.2 Å². The van der Waals surface area contributed by atoms with Crippen LogP contribution < -0.4 is 14.5 Å². The number of ether oxygens (including phenoxy) is 6. The van der Waals surface area contributed by atoms with Crippen LogP contribution in [-0.4, -0.2) is 109 Å². The predicted molar refractivity (Wildman–Crippen MR) is 170 cm³/mol. The molecule has 0 aliphatic carbocycles. The number of carbonyl (C=O) groups excluding carboxylic acids is 1. The fraction of sp³-hybridized carbons (Fsp3) is 0.594. The number of anilines is 2. The van der Waals surface area contributed by atoms with Crippen molar-refractivity contribution in [2.75, 3.05) is 96.0 Å². The highest BCUT2D eigenvalue weighted by Gasteiger charge is 2.41. The summed E-state index contributed by atoms with van der Waals surface area (Å²) in [5.41, 5.74) is 2.97. The van der Waals surface area contributed by atoms with Crippen LogP contribution in [0.4, 0.5) is 11.4 Å². The van der Waals surface area contributed by atoms with E-state index in [1.54, 1.807) is 12.0 Å². The zero-order chi connectivity index (χ0) is 30.7. The molecule has 3 heterocycles. The standard InChI is InChI=1S/C32H43Cl2N3O7/c1-39-17-18-40-19-20-41-22-29-32(44-29)43-23-37-28-21-25(9-7-24(28)8-10-30(37)38)42-16-3-2-11-35-12-14-36(15-13-35)27-6-4-5-26(33)31(27)34/h4-7,9,21,29,32H,2-3,8,10-20,22-23H2,1H3. The highest BCUT2D eigenvalue weighted by molar-refractivity contribution is 6.43. The van der Waals surface area contributed by atoms with E-state index in [0.29, 0.717) is 62.5 Å². The molecule has 0 aromatic heterocycles. The fourth-order valence-electron chi connectivity index (χ4n) is 5.43. The monoisotopic (exact) mass is 651 g/mol. The van der Waals surface area contributed by atoms with Gasteiger partial charge in [-0.2, -0.15) is 0 Å². The van der Waals surface area contributed by atoms with E-state index in [-0.39, 0.29) is 25.0 Å². The number of amides is 1. The number of rotatable bonds is 18. The summed E-state index contributed by atoms with van der Waals surface area (Å²) in [4.78, 5) is 19.3. The van der Waals surface area contributed by atoms with E-state index in [4.69, 9.17) is 51.6 Å². The largest absolute Gasteiger partial charge is 0.494 e. The van der Waals surface area contributed by atoms with Gasteiger partial charge in [0.1, 0.15) is 18.6 Å². The smallest absolute Gasteiger partial charge is 0.229 e. The molecule has 2 fully saturated rings. The lowest BCUT2D eigenvalue weighted by molar-refractivity contribution is -0.120. The van der Waals surface area contributed by atoms with Crippen molar-refractivity contribution in [3.63, 3.8) is 0 Å². The maximum absolute atomic E-state index is 12.8. The van der Waals surface area contributed by atoms with E-state index in [1.807, 2.05) is 30.3 Å². The minimum absolute atomic E-state index is 0.0361. The molecular weight excluding hydrogens is 609 g/mol. The molecule has 44 heavy (non-hydrogen) atoms. The molecule has 5 rings (SSSR count). The maximum Gasteiger partial charge on any atom is 0.229 e. The van der Waals surface area contributed by atoms with Crippen molar-refractivity contribution in [1.82, 2.24) is 4.90 Å². The lowest BCUT2D eigenvalue weighted by Crippen LogP contribution is -2.46. The van der Waals surface area contributed by atoms with Gasteiger partial charge in [-0.25, -0.2) is 0 Å². The van der Waals surface area contributed by atoms with Gasteiger partial charge in [-0.05, 0) is 49.6 Å². The number of hydrogen-bond acceptors (Lipinski definition) is 9. The molecule has 2 saturated heterocycles. The lowest BCUT2D eigenvalue weighted by Gasteiger charge is -2.36. The van der Waals surface area contributed by atoms with Crippen LogP contribution >= 0.6 is 23.2 Å². The maximum atomic E-state index is 12.8. The first-order chi connectivity index (χ1) is 21.5. The third kappa shape index (κ3) is 9.43. The van der Waals surface area contributed by atoms with Gasteiger partial charge >= 0.3 is 0 Å². The average molecular weight is 653 g/mol. The predicted octanol–water partition coefficient (Wildman–Crippen LogP) is 4.63. The number of epoxide rings is 1. The van der Waals surface area contributed by atoms with Gasteiger partial charge in [0, 0.05) is 45.8 Å². The van der Waals surface area contributed by atoms with Crippen LogP contribution in [-0.2, 0) is 34.9 Å². The summed E-state index contributed by atoms with van der Waals surface area (Å²) in [6.45, 7) is 8.14. The molecule has 0 radical (unpaired) electrons. The van der Waals surface area contributed by atoms with E-state index in [0.717, 1.165) is 68.3 Å². The summed E-state index contributed by atoms with van der Waals surface area (Å²) in [5, 5.41) is 1.22. The quantitative estimate of drug-likeness (QED) is 0.169.